The second kappa shape index (κ2) is 11.2. The number of esters is 1. The van der Waals surface area contributed by atoms with Gasteiger partial charge in [0.2, 0.25) is 11.8 Å². The summed E-state index contributed by atoms with van der Waals surface area (Å²) in [5, 5.41) is 3.87. The third kappa shape index (κ3) is 5.34. The molecule has 2 aliphatic rings. The highest BCUT2D eigenvalue weighted by Crippen LogP contribution is 2.49. The molecule has 1 saturated heterocycles. The van der Waals surface area contributed by atoms with E-state index in [1.807, 2.05) is 42.6 Å². The molecule has 236 valence electrons. The number of H-pyrrole nitrogens is 1. The van der Waals surface area contributed by atoms with Crippen LogP contribution in [0.2, 0.25) is 0 Å². The fraction of sp³-hybridized carbons (Fsp3) is 0.469. The number of piperidine rings is 1. The summed E-state index contributed by atoms with van der Waals surface area (Å²) in [7, 11) is -2.97. The van der Waals surface area contributed by atoms with E-state index in [1.165, 1.54) is 25.3 Å². The van der Waals surface area contributed by atoms with Gasteiger partial charge in [-0.1, -0.05) is 36.4 Å². The number of fused-ring (bicyclic) bond motifs is 3. The number of amides is 2. The van der Waals surface area contributed by atoms with Crippen LogP contribution in [0.15, 0.2) is 54.7 Å². The maximum atomic E-state index is 14.0. The van der Waals surface area contributed by atoms with Crippen molar-refractivity contribution in [3.8, 4) is 0 Å². The smallest absolute Gasteiger partial charge is 0.328 e. The summed E-state index contributed by atoms with van der Waals surface area (Å²) in [6, 6.07) is 14.3. The molecule has 1 fully saturated rings. The Hall–Kier alpha value is -3.90. The minimum Gasteiger partial charge on any atom is -0.468 e. The van der Waals surface area contributed by atoms with Crippen LogP contribution >= 0.6 is 0 Å². The maximum absolute atomic E-state index is 14.0. The van der Waals surface area contributed by atoms with Gasteiger partial charge in [0, 0.05) is 48.6 Å². The fourth-order valence-electron chi connectivity index (χ4n) is 6.29. The van der Waals surface area contributed by atoms with Crippen LogP contribution in [0.5, 0.6) is 0 Å². The van der Waals surface area contributed by atoms with Crippen molar-refractivity contribution in [1.29, 1.82) is 0 Å². The molecule has 0 radical (unpaired) electrons. The SMILES string of the molecule is COC(=O)C(C)(C)S(=O)(=O)N1CC2(CCN(C(=O)C(Cc3c[nH]c4ccccc34)NC(=O)C(C)(C)N)CC2)c2ccccc21. The van der Waals surface area contributed by atoms with E-state index in [-0.39, 0.29) is 18.9 Å². The van der Waals surface area contributed by atoms with Crippen LogP contribution in [-0.2, 0) is 41.0 Å². The summed E-state index contributed by atoms with van der Waals surface area (Å²) in [4.78, 5) is 44.5. The minimum absolute atomic E-state index is 0.161. The van der Waals surface area contributed by atoms with Crippen molar-refractivity contribution in [1.82, 2.24) is 15.2 Å². The molecule has 11 nitrogen and oxygen atoms in total. The molecule has 2 aliphatic heterocycles. The number of benzene rings is 2. The molecule has 4 N–H and O–H groups in total. The van der Waals surface area contributed by atoms with Crippen molar-refractivity contribution < 1.29 is 27.5 Å². The normalized spacial score (nSPS) is 17.4. The lowest BCUT2D eigenvalue weighted by Crippen LogP contribution is -2.58. The maximum Gasteiger partial charge on any atom is 0.328 e. The zero-order valence-electron chi connectivity index (χ0n) is 25.8. The number of likely N-dealkylation sites (tertiary alicyclic amines) is 1. The summed E-state index contributed by atoms with van der Waals surface area (Å²) in [6.45, 7) is 6.80. The van der Waals surface area contributed by atoms with Gasteiger partial charge in [-0.05, 0) is 63.8 Å². The third-order valence-corrected chi connectivity index (χ3v) is 11.5. The number of carbonyl (C=O) groups is 3. The zero-order chi connectivity index (χ0) is 32.1. The number of sulfonamides is 1. The Morgan fingerprint density at radius 1 is 1.05 bits per heavy atom. The largest absolute Gasteiger partial charge is 0.468 e. The molecule has 5 rings (SSSR count). The quantitative estimate of drug-likeness (QED) is 0.326. The van der Waals surface area contributed by atoms with Gasteiger partial charge in [-0.25, -0.2) is 8.42 Å². The molecule has 3 aromatic rings. The molecular weight excluding hydrogens is 582 g/mol. The van der Waals surface area contributed by atoms with Gasteiger partial charge in [0.15, 0.2) is 4.75 Å². The Labute approximate surface area is 258 Å². The molecule has 1 spiro atoms. The monoisotopic (exact) mass is 623 g/mol. The van der Waals surface area contributed by atoms with Gasteiger partial charge in [0.05, 0.1) is 18.3 Å². The number of aromatic amines is 1. The standard InChI is InChI=1S/C32H41N5O6S/c1-30(2,33)28(39)35-25(18-21-19-34-24-12-8-6-10-22(21)24)27(38)36-16-14-32(15-17-36)20-37(26-13-9-7-11-23(26)32)44(41,42)31(3,4)29(40)43-5/h6-13,19,25,34H,14-18,20,33H2,1-5H3,(H,35,39). The zero-order valence-corrected chi connectivity index (χ0v) is 26.7. The first kappa shape index (κ1) is 31.5. The number of aromatic nitrogens is 1. The highest BCUT2D eigenvalue weighted by molar-refractivity contribution is 7.94. The first-order chi connectivity index (χ1) is 20.6. The van der Waals surface area contributed by atoms with E-state index in [0.29, 0.717) is 31.6 Å². The summed E-state index contributed by atoms with van der Waals surface area (Å²) in [5.74, 6) is -1.48. The number of methoxy groups -OCH3 is 1. The Balaban J connectivity index is 1.39. The Kier molecular flexibility index (Phi) is 8.04. The fourth-order valence-corrected chi connectivity index (χ4v) is 7.97. The third-order valence-electron chi connectivity index (χ3n) is 9.12. The second-order valence-corrected chi connectivity index (χ2v) is 15.4. The molecule has 2 aromatic carbocycles. The lowest BCUT2D eigenvalue weighted by molar-refractivity contribution is -0.142. The summed E-state index contributed by atoms with van der Waals surface area (Å²) in [5.41, 5.74) is 7.62. The molecule has 1 unspecified atom stereocenters. The summed E-state index contributed by atoms with van der Waals surface area (Å²) < 4.78 is 32.1. The topological polar surface area (TPSA) is 155 Å². The predicted molar refractivity (Wildman–Crippen MR) is 168 cm³/mol. The number of nitrogens with one attached hydrogen (secondary N) is 2. The van der Waals surface area contributed by atoms with E-state index in [1.54, 1.807) is 30.9 Å². The van der Waals surface area contributed by atoms with Gasteiger partial charge in [0.25, 0.3) is 10.0 Å². The van der Waals surface area contributed by atoms with Crippen molar-refractivity contribution in [2.45, 2.75) is 68.7 Å². The van der Waals surface area contributed by atoms with Crippen LogP contribution in [0.1, 0.15) is 51.7 Å². The van der Waals surface area contributed by atoms with E-state index in [9.17, 15) is 22.8 Å². The summed E-state index contributed by atoms with van der Waals surface area (Å²) >= 11 is 0. The van der Waals surface area contributed by atoms with Gasteiger partial charge >= 0.3 is 5.97 Å². The average Bonchev–Trinajstić information content (AvgIpc) is 3.55. The number of anilines is 1. The molecule has 2 amide bonds. The molecule has 0 aliphatic carbocycles. The van der Waals surface area contributed by atoms with Crippen LogP contribution in [-0.4, -0.2) is 79.2 Å². The average molecular weight is 624 g/mol. The number of carbonyl (C=O) groups excluding carboxylic acids is 3. The highest BCUT2D eigenvalue weighted by atomic mass is 32.2. The first-order valence-electron chi connectivity index (χ1n) is 14.8. The van der Waals surface area contributed by atoms with Gasteiger partial charge < -0.3 is 25.7 Å². The van der Waals surface area contributed by atoms with Crippen LogP contribution in [0, 0.1) is 0 Å². The van der Waals surface area contributed by atoms with Gasteiger partial charge in [-0.3, -0.25) is 18.7 Å². The van der Waals surface area contributed by atoms with Crippen molar-refractivity contribution in [3.05, 3.63) is 65.9 Å². The van der Waals surface area contributed by atoms with E-state index in [4.69, 9.17) is 10.5 Å². The van der Waals surface area contributed by atoms with Crippen molar-refractivity contribution >= 4 is 44.4 Å². The van der Waals surface area contributed by atoms with Crippen LogP contribution < -0.4 is 15.4 Å². The van der Waals surface area contributed by atoms with Gasteiger partial charge in [0.1, 0.15) is 6.04 Å². The van der Waals surface area contributed by atoms with Crippen LogP contribution in [0.4, 0.5) is 5.69 Å². The number of rotatable bonds is 8. The lowest BCUT2D eigenvalue weighted by Gasteiger charge is -2.41. The number of nitrogens with zero attached hydrogens (tertiary/aromatic N) is 2. The molecule has 1 aromatic heterocycles. The second-order valence-electron chi connectivity index (χ2n) is 12.9. The number of ether oxygens (including phenoxy) is 1. The predicted octanol–water partition coefficient (Wildman–Crippen LogP) is 2.59. The molecule has 44 heavy (non-hydrogen) atoms. The number of hydrogen-bond donors (Lipinski definition) is 3. The molecule has 12 heteroatoms. The van der Waals surface area contributed by atoms with Gasteiger partial charge in [-0.2, -0.15) is 0 Å². The first-order valence-corrected chi connectivity index (χ1v) is 16.2. The minimum atomic E-state index is -4.14. The Morgan fingerprint density at radius 3 is 2.34 bits per heavy atom. The van der Waals surface area contributed by atoms with Crippen molar-refractivity contribution in [3.63, 3.8) is 0 Å². The van der Waals surface area contributed by atoms with Crippen molar-refractivity contribution in [2.24, 2.45) is 5.73 Å². The summed E-state index contributed by atoms with van der Waals surface area (Å²) in [6.07, 6.45) is 3.16. The van der Waals surface area contributed by atoms with Crippen LogP contribution in [0.3, 0.4) is 0 Å². The number of nitrogens with two attached hydrogens (primary N) is 1. The van der Waals surface area contributed by atoms with E-state index >= 15 is 0 Å². The molecular formula is C32H41N5O6S. The van der Waals surface area contributed by atoms with Crippen molar-refractivity contribution in [2.75, 3.05) is 31.0 Å². The molecule has 1 atom stereocenters. The molecule has 0 bridgehead atoms. The highest BCUT2D eigenvalue weighted by Gasteiger charge is 2.54. The van der Waals surface area contributed by atoms with E-state index < -0.39 is 43.6 Å². The number of para-hydroxylation sites is 2. The Bertz CT molecular complexity index is 1700. The molecule has 0 saturated carbocycles. The van der Waals surface area contributed by atoms with Crippen LogP contribution in [0.25, 0.3) is 10.9 Å². The van der Waals surface area contributed by atoms with Gasteiger partial charge in [-0.15, -0.1) is 0 Å². The Morgan fingerprint density at radius 2 is 1.68 bits per heavy atom. The molecule has 3 heterocycles. The number of hydrogen-bond acceptors (Lipinski definition) is 7. The van der Waals surface area contributed by atoms with E-state index in [2.05, 4.69) is 10.3 Å². The lowest BCUT2D eigenvalue weighted by atomic mass is 9.74. The van der Waals surface area contributed by atoms with E-state index in [0.717, 1.165) is 22.0 Å².